The van der Waals surface area contributed by atoms with Gasteiger partial charge in [0.1, 0.15) is 5.75 Å². The van der Waals surface area contributed by atoms with E-state index in [0.29, 0.717) is 6.54 Å². The lowest BCUT2D eigenvalue weighted by Crippen LogP contribution is -2.49. The van der Waals surface area contributed by atoms with Gasteiger partial charge in [-0.15, -0.1) is 0 Å². The fourth-order valence-electron chi connectivity index (χ4n) is 4.18. The Morgan fingerprint density at radius 2 is 1.79 bits per heavy atom. The highest BCUT2D eigenvalue weighted by molar-refractivity contribution is 5.78. The molecule has 1 saturated heterocycles. The van der Waals surface area contributed by atoms with Crippen molar-refractivity contribution < 1.29 is 9.53 Å². The molecule has 5 heteroatoms. The molecule has 0 aliphatic carbocycles. The van der Waals surface area contributed by atoms with Crippen LogP contribution in [0.4, 0.5) is 0 Å². The SMILES string of the molecule is C[C@H](c1ccccc1)N(C)C(=O)CN1CCN(Cc2ccc3c(c2)CCO3)CC1. The summed E-state index contributed by atoms with van der Waals surface area (Å²) in [7, 11) is 1.91. The van der Waals surface area contributed by atoms with Gasteiger partial charge in [-0.1, -0.05) is 42.5 Å². The zero-order valence-electron chi connectivity index (χ0n) is 17.5. The molecule has 0 saturated carbocycles. The maximum atomic E-state index is 12.8. The summed E-state index contributed by atoms with van der Waals surface area (Å²) in [6, 6.07) is 16.9. The first-order valence-electron chi connectivity index (χ1n) is 10.6. The molecule has 0 bridgehead atoms. The van der Waals surface area contributed by atoms with E-state index in [0.717, 1.165) is 51.5 Å². The zero-order chi connectivity index (χ0) is 20.2. The second kappa shape index (κ2) is 8.97. The third kappa shape index (κ3) is 4.80. The number of hydrogen-bond acceptors (Lipinski definition) is 4. The second-order valence-electron chi connectivity index (χ2n) is 8.18. The minimum atomic E-state index is 0.0915. The molecule has 1 fully saturated rings. The Kier molecular flexibility index (Phi) is 6.16. The normalized spacial score (nSPS) is 18.1. The molecule has 2 aromatic rings. The van der Waals surface area contributed by atoms with Crippen LogP contribution in [0.5, 0.6) is 5.75 Å². The number of piperazine rings is 1. The molecule has 1 amide bonds. The lowest BCUT2D eigenvalue weighted by molar-refractivity contribution is -0.133. The van der Waals surface area contributed by atoms with Crippen molar-refractivity contribution in [3.8, 4) is 5.75 Å². The molecule has 0 radical (unpaired) electrons. The van der Waals surface area contributed by atoms with Crippen molar-refractivity contribution in [2.75, 3.05) is 46.4 Å². The summed E-state index contributed by atoms with van der Waals surface area (Å²) in [5.41, 5.74) is 3.87. The Bertz CT molecular complexity index is 831. The van der Waals surface area contributed by atoms with Gasteiger partial charge in [0.25, 0.3) is 0 Å². The fourth-order valence-corrected chi connectivity index (χ4v) is 4.18. The van der Waals surface area contributed by atoms with E-state index in [1.807, 2.05) is 30.1 Å². The topological polar surface area (TPSA) is 36.0 Å². The Morgan fingerprint density at radius 3 is 2.55 bits per heavy atom. The number of amides is 1. The van der Waals surface area contributed by atoms with E-state index in [9.17, 15) is 4.79 Å². The number of hydrogen-bond donors (Lipinski definition) is 0. The molecule has 2 aromatic carbocycles. The number of nitrogens with zero attached hydrogens (tertiary/aromatic N) is 3. The lowest BCUT2D eigenvalue weighted by atomic mass is 10.1. The van der Waals surface area contributed by atoms with E-state index in [4.69, 9.17) is 4.74 Å². The highest BCUT2D eigenvalue weighted by atomic mass is 16.5. The highest BCUT2D eigenvalue weighted by Gasteiger charge is 2.23. The maximum Gasteiger partial charge on any atom is 0.236 e. The Balaban J connectivity index is 1.25. The zero-order valence-corrected chi connectivity index (χ0v) is 17.5. The van der Waals surface area contributed by atoms with Gasteiger partial charge in [0.2, 0.25) is 5.91 Å². The van der Waals surface area contributed by atoms with Crippen LogP contribution in [0.25, 0.3) is 0 Å². The van der Waals surface area contributed by atoms with Crippen molar-refractivity contribution in [2.45, 2.75) is 25.9 Å². The summed E-state index contributed by atoms with van der Waals surface area (Å²) in [4.78, 5) is 19.4. The van der Waals surface area contributed by atoms with Gasteiger partial charge in [-0.2, -0.15) is 0 Å². The van der Waals surface area contributed by atoms with Gasteiger partial charge in [0.15, 0.2) is 0 Å². The van der Waals surface area contributed by atoms with Crippen LogP contribution < -0.4 is 4.74 Å². The van der Waals surface area contributed by atoms with Crippen molar-refractivity contribution in [1.82, 2.24) is 14.7 Å². The minimum absolute atomic E-state index is 0.0915. The van der Waals surface area contributed by atoms with Crippen LogP contribution in [0.2, 0.25) is 0 Å². The number of rotatable bonds is 6. The molecule has 5 nitrogen and oxygen atoms in total. The maximum absolute atomic E-state index is 12.8. The summed E-state index contributed by atoms with van der Waals surface area (Å²) < 4.78 is 5.60. The predicted octanol–water partition coefficient (Wildman–Crippen LogP) is 2.96. The van der Waals surface area contributed by atoms with Crippen molar-refractivity contribution >= 4 is 5.91 Å². The average Bonchev–Trinajstić information content (AvgIpc) is 3.22. The molecule has 29 heavy (non-hydrogen) atoms. The van der Waals surface area contributed by atoms with E-state index in [2.05, 4.69) is 47.1 Å². The van der Waals surface area contributed by atoms with Crippen LogP contribution in [-0.4, -0.2) is 67.0 Å². The lowest BCUT2D eigenvalue weighted by Gasteiger charge is -2.35. The first-order valence-corrected chi connectivity index (χ1v) is 10.6. The standard InChI is InChI=1S/C24H31N3O2/c1-19(21-6-4-3-5-7-21)25(2)24(28)18-27-13-11-26(12-14-27)17-20-8-9-23-22(16-20)10-15-29-23/h3-9,16,19H,10-15,17-18H2,1-2H3/t19-/m1/s1. The monoisotopic (exact) mass is 393 g/mol. The van der Waals surface area contributed by atoms with Gasteiger partial charge < -0.3 is 9.64 Å². The quantitative estimate of drug-likeness (QED) is 0.756. The van der Waals surface area contributed by atoms with Crippen LogP contribution in [-0.2, 0) is 17.8 Å². The molecule has 2 aliphatic rings. The number of likely N-dealkylation sites (N-methyl/N-ethyl adjacent to an activating group) is 1. The first-order chi connectivity index (χ1) is 14.1. The molecule has 154 valence electrons. The van der Waals surface area contributed by atoms with Gasteiger partial charge in [0.05, 0.1) is 19.2 Å². The molecule has 2 aliphatic heterocycles. The minimum Gasteiger partial charge on any atom is -0.493 e. The van der Waals surface area contributed by atoms with Crippen LogP contribution in [0.1, 0.15) is 29.7 Å². The molecule has 0 spiro atoms. The summed E-state index contributed by atoms with van der Waals surface area (Å²) in [5.74, 6) is 1.24. The number of benzene rings is 2. The van der Waals surface area contributed by atoms with Crippen LogP contribution in [0.3, 0.4) is 0 Å². The number of fused-ring (bicyclic) bond motifs is 1. The molecule has 0 N–H and O–H groups in total. The molecule has 4 rings (SSSR count). The van der Waals surface area contributed by atoms with Crippen LogP contribution >= 0.6 is 0 Å². The number of ether oxygens (including phenoxy) is 1. The van der Waals surface area contributed by atoms with Crippen molar-refractivity contribution in [3.05, 3.63) is 65.2 Å². The van der Waals surface area contributed by atoms with Gasteiger partial charge in [-0.3, -0.25) is 14.6 Å². The second-order valence-corrected chi connectivity index (χ2v) is 8.18. The van der Waals surface area contributed by atoms with E-state index < -0.39 is 0 Å². The van der Waals surface area contributed by atoms with Gasteiger partial charge in [-0.05, 0) is 29.7 Å². The molecular formula is C24H31N3O2. The Labute approximate surface area is 173 Å². The van der Waals surface area contributed by atoms with Gasteiger partial charge in [0, 0.05) is 46.2 Å². The molecule has 1 atom stereocenters. The smallest absolute Gasteiger partial charge is 0.236 e. The fraction of sp³-hybridized carbons (Fsp3) is 0.458. The molecule has 0 unspecified atom stereocenters. The van der Waals surface area contributed by atoms with E-state index in [1.165, 1.54) is 16.7 Å². The van der Waals surface area contributed by atoms with Crippen molar-refractivity contribution in [1.29, 1.82) is 0 Å². The predicted molar refractivity (Wildman–Crippen MR) is 115 cm³/mol. The summed E-state index contributed by atoms with van der Waals surface area (Å²) in [5, 5.41) is 0. The van der Waals surface area contributed by atoms with Crippen LogP contribution in [0, 0.1) is 0 Å². The molecule has 2 heterocycles. The largest absolute Gasteiger partial charge is 0.493 e. The number of carbonyl (C=O) groups is 1. The van der Waals surface area contributed by atoms with Gasteiger partial charge in [-0.25, -0.2) is 0 Å². The van der Waals surface area contributed by atoms with Crippen LogP contribution in [0.15, 0.2) is 48.5 Å². The highest BCUT2D eigenvalue weighted by Crippen LogP contribution is 2.26. The average molecular weight is 394 g/mol. The Hall–Kier alpha value is -2.37. The molecular weight excluding hydrogens is 362 g/mol. The van der Waals surface area contributed by atoms with Crippen molar-refractivity contribution in [2.24, 2.45) is 0 Å². The summed E-state index contributed by atoms with van der Waals surface area (Å²) in [6.45, 7) is 8.24. The van der Waals surface area contributed by atoms with Crippen molar-refractivity contribution in [3.63, 3.8) is 0 Å². The Morgan fingerprint density at radius 1 is 1.07 bits per heavy atom. The first kappa shape index (κ1) is 19.9. The number of carbonyl (C=O) groups excluding carboxylic acids is 1. The third-order valence-electron chi connectivity index (χ3n) is 6.24. The van der Waals surface area contributed by atoms with Gasteiger partial charge >= 0.3 is 0 Å². The summed E-state index contributed by atoms with van der Waals surface area (Å²) in [6.07, 6.45) is 1.02. The molecule has 0 aromatic heterocycles. The third-order valence-corrected chi connectivity index (χ3v) is 6.24. The van der Waals surface area contributed by atoms with E-state index in [-0.39, 0.29) is 11.9 Å². The van der Waals surface area contributed by atoms with E-state index >= 15 is 0 Å². The summed E-state index contributed by atoms with van der Waals surface area (Å²) >= 11 is 0. The van der Waals surface area contributed by atoms with E-state index in [1.54, 1.807) is 0 Å².